The predicted octanol–water partition coefficient (Wildman–Crippen LogP) is 3.35. The number of aromatic hydroxyl groups is 1. The third kappa shape index (κ3) is 2.12. The molecule has 21 heavy (non-hydrogen) atoms. The van der Waals surface area contributed by atoms with Gasteiger partial charge < -0.3 is 14.8 Å². The van der Waals surface area contributed by atoms with Crippen molar-refractivity contribution >= 4 is 16.7 Å². The van der Waals surface area contributed by atoms with E-state index < -0.39 is 11.8 Å². The van der Waals surface area contributed by atoms with Gasteiger partial charge in [-0.05, 0) is 29.8 Å². The second kappa shape index (κ2) is 4.94. The summed E-state index contributed by atoms with van der Waals surface area (Å²) in [5.41, 5.74) is 0.588. The molecule has 2 aromatic carbocycles. The van der Waals surface area contributed by atoms with Crippen LogP contribution in [0.25, 0.3) is 22.1 Å². The van der Waals surface area contributed by atoms with E-state index >= 15 is 0 Å². The fourth-order valence-electron chi connectivity index (χ4n) is 2.26. The predicted molar refractivity (Wildman–Crippen MR) is 79.1 cm³/mol. The fourth-order valence-corrected chi connectivity index (χ4v) is 2.26. The van der Waals surface area contributed by atoms with Crippen LogP contribution < -0.4 is 10.7 Å². The van der Waals surface area contributed by atoms with Crippen LogP contribution in [0.5, 0.6) is 5.95 Å². The van der Waals surface area contributed by atoms with Crippen molar-refractivity contribution in [1.82, 2.24) is 0 Å². The largest absolute Gasteiger partial charge is 0.480 e. The van der Waals surface area contributed by atoms with Crippen LogP contribution in [-0.4, -0.2) is 12.2 Å². The third-order valence-electron chi connectivity index (χ3n) is 3.30. The molecule has 5 heteroatoms. The Kier molecular flexibility index (Phi) is 3.10. The fraction of sp³-hybridized carbons (Fsp3) is 0.0625. The molecule has 3 rings (SSSR count). The van der Waals surface area contributed by atoms with Gasteiger partial charge >= 0.3 is 0 Å². The van der Waals surface area contributed by atoms with Gasteiger partial charge in [-0.2, -0.15) is 0 Å². The lowest BCUT2D eigenvalue weighted by molar-refractivity contribution is 0.342. The Labute approximate surface area is 119 Å². The van der Waals surface area contributed by atoms with Gasteiger partial charge in [0.05, 0.1) is 11.1 Å². The number of rotatable bonds is 2. The number of para-hydroxylation sites is 1. The minimum atomic E-state index is -0.479. The Hall–Kier alpha value is -2.82. The van der Waals surface area contributed by atoms with Gasteiger partial charge in [0.15, 0.2) is 0 Å². The highest BCUT2D eigenvalue weighted by Crippen LogP contribution is 2.31. The van der Waals surface area contributed by atoms with Crippen LogP contribution in [0.2, 0.25) is 0 Å². The maximum Gasteiger partial charge on any atom is 0.294 e. The second-order valence-electron chi connectivity index (χ2n) is 4.55. The van der Waals surface area contributed by atoms with Gasteiger partial charge in [-0.3, -0.25) is 4.79 Å². The summed E-state index contributed by atoms with van der Waals surface area (Å²) in [4.78, 5) is 12.5. The first-order valence-electron chi connectivity index (χ1n) is 6.34. The highest BCUT2D eigenvalue weighted by Gasteiger charge is 2.16. The van der Waals surface area contributed by atoms with Crippen LogP contribution in [0.4, 0.5) is 10.1 Å². The average Bonchev–Trinajstić information content (AvgIpc) is 2.49. The molecule has 4 nitrogen and oxygen atoms in total. The molecule has 0 atom stereocenters. The molecule has 106 valence electrons. The first-order chi connectivity index (χ1) is 10.1. The number of fused-ring (bicyclic) bond motifs is 1. The highest BCUT2D eigenvalue weighted by atomic mass is 19.1. The van der Waals surface area contributed by atoms with Crippen molar-refractivity contribution in [1.29, 1.82) is 0 Å². The zero-order valence-corrected chi connectivity index (χ0v) is 11.2. The summed E-state index contributed by atoms with van der Waals surface area (Å²) in [5.74, 6) is -0.918. The van der Waals surface area contributed by atoms with E-state index in [2.05, 4.69) is 5.32 Å². The van der Waals surface area contributed by atoms with Gasteiger partial charge in [0.2, 0.25) is 5.43 Å². The second-order valence-corrected chi connectivity index (χ2v) is 4.55. The smallest absolute Gasteiger partial charge is 0.294 e. The minimum Gasteiger partial charge on any atom is -0.480 e. The van der Waals surface area contributed by atoms with Crippen molar-refractivity contribution in [3.8, 4) is 17.1 Å². The molecule has 0 radical (unpaired) electrons. The Morgan fingerprint density at radius 1 is 1.19 bits per heavy atom. The molecule has 0 fully saturated rings. The molecule has 0 spiro atoms. The first-order valence-corrected chi connectivity index (χ1v) is 6.34. The standard InChI is InChI=1S/C16H12FNO3/c1-18-12-8-9(6-7-11(12)17)14-15(19)10-4-2-3-5-13(10)21-16(14)20/h2-8,18,20H,1H3. The van der Waals surface area contributed by atoms with Gasteiger partial charge in [0.1, 0.15) is 17.0 Å². The summed E-state index contributed by atoms with van der Waals surface area (Å²) >= 11 is 0. The number of halogens is 1. The van der Waals surface area contributed by atoms with Gasteiger partial charge in [0.25, 0.3) is 5.95 Å². The summed E-state index contributed by atoms with van der Waals surface area (Å²) in [7, 11) is 1.57. The molecular formula is C16H12FNO3. The van der Waals surface area contributed by atoms with Gasteiger partial charge in [0, 0.05) is 7.05 Å². The van der Waals surface area contributed by atoms with E-state index in [9.17, 15) is 14.3 Å². The van der Waals surface area contributed by atoms with E-state index in [4.69, 9.17) is 4.42 Å². The van der Waals surface area contributed by atoms with Crippen LogP contribution in [0.1, 0.15) is 0 Å². The Morgan fingerprint density at radius 2 is 1.95 bits per heavy atom. The molecule has 1 heterocycles. The summed E-state index contributed by atoms with van der Waals surface area (Å²) in [5, 5.41) is 13.0. The van der Waals surface area contributed by atoms with E-state index in [0.717, 1.165) is 0 Å². The van der Waals surface area contributed by atoms with Crippen LogP contribution in [-0.2, 0) is 0 Å². The molecule has 2 N–H and O–H groups in total. The summed E-state index contributed by atoms with van der Waals surface area (Å²) in [6, 6.07) is 10.8. The van der Waals surface area contributed by atoms with Gasteiger partial charge in [-0.25, -0.2) is 4.39 Å². The molecule has 0 aliphatic carbocycles. The molecule has 0 bridgehead atoms. The van der Waals surface area contributed by atoms with E-state index in [-0.39, 0.29) is 16.7 Å². The van der Waals surface area contributed by atoms with Crippen LogP contribution in [0, 0.1) is 5.82 Å². The molecule has 1 aromatic heterocycles. The Bertz CT molecular complexity index is 886. The van der Waals surface area contributed by atoms with Crippen molar-refractivity contribution in [2.45, 2.75) is 0 Å². The molecule has 0 saturated carbocycles. The number of benzene rings is 2. The van der Waals surface area contributed by atoms with Crippen molar-refractivity contribution < 1.29 is 13.9 Å². The monoisotopic (exact) mass is 285 g/mol. The van der Waals surface area contributed by atoms with Gasteiger partial charge in [-0.1, -0.05) is 18.2 Å². The van der Waals surface area contributed by atoms with E-state index in [1.807, 2.05) is 0 Å². The number of hydrogen-bond acceptors (Lipinski definition) is 4. The van der Waals surface area contributed by atoms with Crippen molar-refractivity contribution in [3.05, 3.63) is 58.5 Å². The lowest BCUT2D eigenvalue weighted by atomic mass is 10.0. The van der Waals surface area contributed by atoms with Gasteiger partial charge in [-0.15, -0.1) is 0 Å². The van der Waals surface area contributed by atoms with E-state index in [0.29, 0.717) is 16.5 Å². The molecule has 0 aliphatic rings. The average molecular weight is 285 g/mol. The van der Waals surface area contributed by atoms with Crippen LogP contribution >= 0.6 is 0 Å². The maximum atomic E-state index is 13.5. The maximum absolute atomic E-state index is 13.5. The lowest BCUT2D eigenvalue weighted by Crippen LogP contribution is -2.06. The zero-order valence-electron chi connectivity index (χ0n) is 11.2. The summed E-state index contributed by atoms with van der Waals surface area (Å²) in [6.07, 6.45) is 0. The molecule has 0 saturated heterocycles. The van der Waals surface area contributed by atoms with Crippen molar-refractivity contribution in [3.63, 3.8) is 0 Å². The Morgan fingerprint density at radius 3 is 2.71 bits per heavy atom. The summed E-state index contributed by atoms with van der Waals surface area (Å²) in [6.45, 7) is 0. The molecule has 3 aromatic rings. The number of hydrogen-bond donors (Lipinski definition) is 2. The third-order valence-corrected chi connectivity index (χ3v) is 3.30. The Balaban J connectivity index is 2.32. The molecule has 0 unspecified atom stereocenters. The number of anilines is 1. The minimum absolute atomic E-state index is 0.0187. The molecule has 0 aliphatic heterocycles. The van der Waals surface area contributed by atoms with Crippen molar-refractivity contribution in [2.75, 3.05) is 12.4 Å². The molecular weight excluding hydrogens is 273 g/mol. The lowest BCUT2D eigenvalue weighted by Gasteiger charge is -2.08. The highest BCUT2D eigenvalue weighted by molar-refractivity contribution is 5.84. The molecule has 0 amide bonds. The van der Waals surface area contributed by atoms with Crippen molar-refractivity contribution in [2.24, 2.45) is 0 Å². The SMILES string of the molecule is CNc1cc(-c2c(O)oc3ccccc3c2=O)ccc1F. The normalized spacial score (nSPS) is 10.8. The first kappa shape index (κ1) is 13.2. The summed E-state index contributed by atoms with van der Waals surface area (Å²) < 4.78 is 18.8. The van der Waals surface area contributed by atoms with Crippen LogP contribution in [0.15, 0.2) is 51.7 Å². The van der Waals surface area contributed by atoms with E-state index in [1.54, 1.807) is 31.3 Å². The zero-order chi connectivity index (χ0) is 15.0. The quantitative estimate of drug-likeness (QED) is 0.758. The van der Waals surface area contributed by atoms with Crippen LogP contribution in [0.3, 0.4) is 0 Å². The topological polar surface area (TPSA) is 62.5 Å². The van der Waals surface area contributed by atoms with E-state index in [1.165, 1.54) is 18.2 Å². The number of nitrogens with one attached hydrogen (secondary N) is 1.